The van der Waals surface area contributed by atoms with Gasteiger partial charge in [-0.25, -0.2) is 0 Å². The first-order valence-corrected chi connectivity index (χ1v) is 9.58. The second kappa shape index (κ2) is 7.92. The lowest BCUT2D eigenvalue weighted by atomic mass is 10.1. The smallest absolute Gasteiger partial charge is 0.307 e. The van der Waals surface area contributed by atoms with Crippen LogP contribution in [-0.2, 0) is 20.9 Å². The summed E-state index contributed by atoms with van der Waals surface area (Å²) in [5.74, 6) is 1.12. The Morgan fingerprint density at radius 2 is 2.17 bits per heavy atom. The highest BCUT2D eigenvalue weighted by Gasteiger charge is 2.29. The van der Waals surface area contributed by atoms with Gasteiger partial charge in [0.2, 0.25) is 5.82 Å². The third-order valence-electron chi connectivity index (χ3n) is 4.42. The molecule has 0 radical (unpaired) electrons. The number of esters is 1. The number of likely N-dealkylation sites (tertiary alicyclic amines) is 1. The van der Waals surface area contributed by atoms with E-state index in [9.17, 15) is 4.79 Å². The zero-order valence-electron chi connectivity index (χ0n) is 16.8. The largest absolute Gasteiger partial charge is 0.460 e. The van der Waals surface area contributed by atoms with Gasteiger partial charge in [0.1, 0.15) is 17.8 Å². The number of rotatable bonds is 7. The Morgan fingerprint density at radius 1 is 1.34 bits per heavy atom. The third-order valence-corrected chi connectivity index (χ3v) is 4.42. The van der Waals surface area contributed by atoms with Gasteiger partial charge in [-0.1, -0.05) is 5.16 Å². The molecule has 29 heavy (non-hydrogen) atoms. The molecule has 4 heterocycles. The Balaban J connectivity index is 1.20. The van der Waals surface area contributed by atoms with Gasteiger partial charge in [0, 0.05) is 37.4 Å². The number of hydrogen-bond acceptors (Lipinski definition) is 9. The molecular weight excluding hydrogens is 376 g/mol. The lowest BCUT2D eigenvalue weighted by Crippen LogP contribution is -2.52. The SMILES string of the molecule is CC(C)(C)OC(=O)CCN1CC(OCc2nc(-c3cc4cnccc4o3)no2)C1. The zero-order chi connectivity index (χ0) is 20.4. The van der Waals surface area contributed by atoms with Crippen LogP contribution in [0.5, 0.6) is 0 Å². The topological polar surface area (TPSA) is 104 Å². The van der Waals surface area contributed by atoms with Crippen molar-refractivity contribution in [2.75, 3.05) is 19.6 Å². The molecule has 1 aliphatic heterocycles. The van der Waals surface area contributed by atoms with Crippen molar-refractivity contribution in [2.24, 2.45) is 0 Å². The standard InChI is InChI=1S/C20H24N4O5/c1-20(2,3)28-18(25)5-7-24-10-14(11-24)26-12-17-22-19(23-29-17)16-8-13-9-21-6-4-15(13)27-16/h4,6,8-9,14H,5,7,10-12H2,1-3H3. The maximum absolute atomic E-state index is 11.8. The summed E-state index contributed by atoms with van der Waals surface area (Å²) in [7, 11) is 0. The summed E-state index contributed by atoms with van der Waals surface area (Å²) in [6.45, 7) is 8.03. The molecule has 4 rings (SSSR count). The van der Waals surface area contributed by atoms with Crippen LogP contribution in [0.3, 0.4) is 0 Å². The molecule has 0 saturated carbocycles. The van der Waals surface area contributed by atoms with Crippen molar-refractivity contribution in [3.05, 3.63) is 30.4 Å². The molecule has 1 aliphatic rings. The van der Waals surface area contributed by atoms with E-state index in [-0.39, 0.29) is 18.7 Å². The van der Waals surface area contributed by atoms with Gasteiger partial charge >= 0.3 is 5.97 Å². The Hall–Kier alpha value is -2.78. The molecule has 154 valence electrons. The third kappa shape index (κ3) is 4.99. The Bertz CT molecular complexity index is 951. The van der Waals surface area contributed by atoms with Gasteiger partial charge in [-0.05, 0) is 32.9 Å². The molecule has 0 aliphatic carbocycles. The lowest BCUT2D eigenvalue weighted by Gasteiger charge is -2.38. The lowest BCUT2D eigenvalue weighted by molar-refractivity contribution is -0.156. The van der Waals surface area contributed by atoms with Crippen LogP contribution in [0.25, 0.3) is 22.6 Å². The van der Waals surface area contributed by atoms with Crippen LogP contribution < -0.4 is 0 Å². The zero-order valence-corrected chi connectivity index (χ0v) is 16.8. The van der Waals surface area contributed by atoms with Crippen LogP contribution in [-0.4, -0.2) is 57.3 Å². The summed E-state index contributed by atoms with van der Waals surface area (Å²) in [5, 5.41) is 4.83. The van der Waals surface area contributed by atoms with E-state index >= 15 is 0 Å². The maximum atomic E-state index is 11.8. The number of ether oxygens (including phenoxy) is 2. The summed E-state index contributed by atoms with van der Waals surface area (Å²) in [6, 6.07) is 3.61. The van der Waals surface area contributed by atoms with E-state index in [0.29, 0.717) is 30.4 Å². The van der Waals surface area contributed by atoms with Gasteiger partial charge in [0.05, 0.1) is 12.5 Å². The molecule has 1 saturated heterocycles. The van der Waals surface area contributed by atoms with E-state index in [0.717, 1.165) is 24.1 Å². The molecule has 0 spiro atoms. The molecule has 0 N–H and O–H groups in total. The van der Waals surface area contributed by atoms with Crippen molar-refractivity contribution in [2.45, 2.75) is 45.5 Å². The number of carbonyl (C=O) groups excluding carboxylic acids is 1. The highest BCUT2D eigenvalue weighted by Crippen LogP contribution is 2.25. The minimum absolute atomic E-state index is 0.0845. The van der Waals surface area contributed by atoms with Gasteiger partial charge in [0.25, 0.3) is 5.89 Å². The fraction of sp³-hybridized carbons (Fsp3) is 0.500. The van der Waals surface area contributed by atoms with E-state index < -0.39 is 5.60 Å². The fourth-order valence-corrected chi connectivity index (χ4v) is 3.05. The monoisotopic (exact) mass is 400 g/mol. The van der Waals surface area contributed by atoms with Crippen molar-refractivity contribution >= 4 is 16.9 Å². The number of nitrogens with zero attached hydrogens (tertiary/aromatic N) is 4. The average Bonchev–Trinajstić information content (AvgIpc) is 3.24. The Kier molecular flexibility index (Phi) is 5.33. The van der Waals surface area contributed by atoms with Crippen molar-refractivity contribution in [1.82, 2.24) is 20.0 Å². The molecule has 0 bridgehead atoms. The van der Waals surface area contributed by atoms with E-state index in [1.165, 1.54) is 0 Å². The van der Waals surface area contributed by atoms with Crippen molar-refractivity contribution < 1.29 is 23.2 Å². The Labute approximate surface area is 168 Å². The van der Waals surface area contributed by atoms with Crippen LogP contribution in [0.4, 0.5) is 0 Å². The summed E-state index contributed by atoms with van der Waals surface area (Å²) in [4.78, 5) is 22.3. The summed E-state index contributed by atoms with van der Waals surface area (Å²) < 4.78 is 22.1. The number of hydrogen-bond donors (Lipinski definition) is 0. The van der Waals surface area contributed by atoms with E-state index in [4.69, 9.17) is 18.4 Å². The number of pyridine rings is 1. The van der Waals surface area contributed by atoms with Gasteiger partial charge in [-0.2, -0.15) is 4.98 Å². The molecule has 0 unspecified atom stereocenters. The van der Waals surface area contributed by atoms with Gasteiger partial charge in [-0.15, -0.1) is 0 Å². The van der Waals surface area contributed by atoms with Crippen LogP contribution in [0.1, 0.15) is 33.1 Å². The molecule has 1 fully saturated rings. The predicted molar refractivity (Wildman–Crippen MR) is 103 cm³/mol. The quantitative estimate of drug-likeness (QED) is 0.554. The summed E-state index contributed by atoms with van der Waals surface area (Å²) in [5.41, 5.74) is 0.276. The van der Waals surface area contributed by atoms with Gasteiger partial charge in [-0.3, -0.25) is 14.7 Å². The van der Waals surface area contributed by atoms with Gasteiger partial charge in [0.15, 0.2) is 5.76 Å². The van der Waals surface area contributed by atoms with E-state index in [1.54, 1.807) is 18.5 Å². The van der Waals surface area contributed by atoms with Crippen LogP contribution >= 0.6 is 0 Å². The number of fused-ring (bicyclic) bond motifs is 1. The molecular formula is C20H24N4O5. The van der Waals surface area contributed by atoms with E-state index in [2.05, 4.69) is 20.0 Å². The van der Waals surface area contributed by atoms with Crippen LogP contribution in [0.15, 0.2) is 33.5 Å². The molecule has 0 amide bonds. The van der Waals surface area contributed by atoms with Crippen molar-refractivity contribution in [1.29, 1.82) is 0 Å². The molecule has 0 aromatic carbocycles. The van der Waals surface area contributed by atoms with Crippen molar-refractivity contribution in [3.63, 3.8) is 0 Å². The molecule has 3 aromatic heterocycles. The normalized spacial score (nSPS) is 15.6. The molecule has 3 aromatic rings. The first kappa shape index (κ1) is 19.5. The predicted octanol–water partition coefficient (Wildman–Crippen LogP) is 2.81. The number of carbonyl (C=O) groups is 1. The van der Waals surface area contributed by atoms with Crippen LogP contribution in [0.2, 0.25) is 0 Å². The van der Waals surface area contributed by atoms with Gasteiger partial charge < -0.3 is 18.4 Å². The minimum Gasteiger partial charge on any atom is -0.460 e. The highest BCUT2D eigenvalue weighted by molar-refractivity contribution is 5.80. The summed E-state index contributed by atoms with van der Waals surface area (Å²) >= 11 is 0. The minimum atomic E-state index is -0.445. The second-order valence-corrected chi connectivity index (χ2v) is 8.06. The summed E-state index contributed by atoms with van der Waals surface area (Å²) in [6.07, 6.45) is 3.85. The highest BCUT2D eigenvalue weighted by atomic mass is 16.6. The average molecular weight is 400 g/mol. The van der Waals surface area contributed by atoms with Crippen LogP contribution in [0, 0.1) is 0 Å². The molecule has 9 heteroatoms. The second-order valence-electron chi connectivity index (χ2n) is 8.06. The van der Waals surface area contributed by atoms with Crippen molar-refractivity contribution in [3.8, 4) is 11.6 Å². The first-order valence-electron chi connectivity index (χ1n) is 9.58. The first-order chi connectivity index (χ1) is 13.9. The van der Waals surface area contributed by atoms with E-state index in [1.807, 2.05) is 26.8 Å². The molecule has 0 atom stereocenters. The number of aromatic nitrogens is 3. The number of furan rings is 1. The molecule has 9 nitrogen and oxygen atoms in total. The Morgan fingerprint density at radius 3 is 2.93 bits per heavy atom. The maximum Gasteiger partial charge on any atom is 0.307 e. The fourth-order valence-electron chi connectivity index (χ4n) is 3.05.